The van der Waals surface area contributed by atoms with Gasteiger partial charge in [-0.1, -0.05) is 23.7 Å². The van der Waals surface area contributed by atoms with Gasteiger partial charge in [-0.15, -0.1) is 11.6 Å². The van der Waals surface area contributed by atoms with Gasteiger partial charge in [-0.3, -0.25) is 0 Å². The largest absolute Gasteiger partial charge is 0.436 e. The molecule has 0 bridgehead atoms. The molecule has 94 valence electrons. The van der Waals surface area contributed by atoms with Gasteiger partial charge in [0, 0.05) is 6.07 Å². The summed E-state index contributed by atoms with van der Waals surface area (Å²) in [6, 6.07) is 8.11. The number of ether oxygens (including phenoxy) is 1. The van der Waals surface area contributed by atoms with Gasteiger partial charge in [0.2, 0.25) is 5.88 Å². The number of nitrogens with zero attached hydrogens (tertiary/aromatic N) is 1. The fourth-order valence-electron chi connectivity index (χ4n) is 1.43. The summed E-state index contributed by atoms with van der Waals surface area (Å²) in [5.74, 6) is 0.165. The van der Waals surface area contributed by atoms with Gasteiger partial charge in [0.05, 0.1) is 16.6 Å². The number of alkyl halides is 1. The molecule has 0 aliphatic heterocycles. The number of hydrogen-bond acceptors (Lipinski definition) is 2. The lowest BCUT2D eigenvalue weighted by atomic mass is 10.2. The van der Waals surface area contributed by atoms with Gasteiger partial charge in [-0.25, -0.2) is 9.37 Å². The van der Waals surface area contributed by atoms with Gasteiger partial charge < -0.3 is 4.74 Å². The molecule has 0 unspecified atom stereocenters. The van der Waals surface area contributed by atoms with E-state index in [0.29, 0.717) is 16.3 Å². The van der Waals surface area contributed by atoms with E-state index < -0.39 is 5.82 Å². The number of aromatic nitrogens is 1. The Hall–Kier alpha value is -1.32. The lowest BCUT2D eigenvalue weighted by Crippen LogP contribution is -1.95. The van der Waals surface area contributed by atoms with Crippen molar-refractivity contribution in [1.29, 1.82) is 0 Å². The minimum Gasteiger partial charge on any atom is -0.436 e. The van der Waals surface area contributed by atoms with Crippen LogP contribution in [0.3, 0.4) is 0 Å². The molecule has 1 heterocycles. The number of hydrogen-bond donors (Lipinski definition) is 0. The number of benzene rings is 1. The highest BCUT2D eigenvalue weighted by Crippen LogP contribution is 2.27. The van der Waals surface area contributed by atoms with Gasteiger partial charge >= 0.3 is 0 Å². The van der Waals surface area contributed by atoms with E-state index in [2.05, 4.69) is 4.98 Å². The number of halogens is 3. The SMILES string of the molecule is Cc1cccc(Oc2ccc(Cl)c(CCl)n2)c1F. The van der Waals surface area contributed by atoms with Crippen LogP contribution in [0.1, 0.15) is 11.3 Å². The molecule has 0 atom stereocenters. The third kappa shape index (κ3) is 2.74. The van der Waals surface area contributed by atoms with Gasteiger partial charge in [-0.05, 0) is 24.6 Å². The van der Waals surface area contributed by atoms with E-state index in [1.165, 1.54) is 0 Å². The highest BCUT2D eigenvalue weighted by atomic mass is 35.5. The second-order valence-electron chi connectivity index (χ2n) is 3.70. The first-order valence-corrected chi connectivity index (χ1v) is 6.17. The summed E-state index contributed by atoms with van der Waals surface area (Å²) in [6.45, 7) is 1.67. The molecule has 0 amide bonds. The van der Waals surface area contributed by atoms with Crippen LogP contribution < -0.4 is 4.74 Å². The maximum absolute atomic E-state index is 13.7. The minimum absolute atomic E-state index is 0.130. The topological polar surface area (TPSA) is 22.1 Å². The van der Waals surface area contributed by atoms with Crippen molar-refractivity contribution in [2.45, 2.75) is 12.8 Å². The highest BCUT2D eigenvalue weighted by molar-refractivity contribution is 6.32. The summed E-state index contributed by atoms with van der Waals surface area (Å²) in [7, 11) is 0. The summed E-state index contributed by atoms with van der Waals surface area (Å²) in [5.41, 5.74) is 1.02. The van der Waals surface area contributed by atoms with Crippen LogP contribution in [0.25, 0.3) is 0 Å². The summed E-state index contributed by atoms with van der Waals surface area (Å²) in [6.07, 6.45) is 0. The monoisotopic (exact) mass is 285 g/mol. The fraction of sp³-hybridized carbons (Fsp3) is 0.154. The molecule has 0 radical (unpaired) electrons. The van der Waals surface area contributed by atoms with E-state index >= 15 is 0 Å². The quantitative estimate of drug-likeness (QED) is 0.762. The molecular formula is C13H10Cl2FNO. The average Bonchev–Trinajstić information content (AvgIpc) is 2.37. The number of aryl methyl sites for hydroxylation is 1. The van der Waals surface area contributed by atoms with Crippen LogP contribution in [0.5, 0.6) is 11.6 Å². The van der Waals surface area contributed by atoms with Crippen LogP contribution in [0.2, 0.25) is 5.02 Å². The molecule has 2 aromatic rings. The van der Waals surface area contributed by atoms with Crippen LogP contribution in [0.15, 0.2) is 30.3 Å². The Morgan fingerprint density at radius 1 is 1.28 bits per heavy atom. The lowest BCUT2D eigenvalue weighted by Gasteiger charge is -2.08. The van der Waals surface area contributed by atoms with E-state index in [0.717, 1.165) is 0 Å². The molecule has 0 saturated carbocycles. The van der Waals surface area contributed by atoms with Gasteiger partial charge in [0.15, 0.2) is 11.6 Å². The molecular weight excluding hydrogens is 276 g/mol. The minimum atomic E-state index is -0.401. The van der Waals surface area contributed by atoms with Crippen molar-refractivity contribution >= 4 is 23.2 Å². The second kappa shape index (κ2) is 5.55. The summed E-state index contributed by atoms with van der Waals surface area (Å²) in [4.78, 5) is 4.10. The first kappa shape index (κ1) is 13.1. The van der Waals surface area contributed by atoms with E-state index in [4.69, 9.17) is 27.9 Å². The zero-order valence-corrected chi connectivity index (χ0v) is 11.1. The van der Waals surface area contributed by atoms with Crippen molar-refractivity contribution in [3.05, 3.63) is 52.4 Å². The maximum Gasteiger partial charge on any atom is 0.219 e. The summed E-state index contributed by atoms with van der Waals surface area (Å²) in [5, 5.41) is 0.460. The van der Waals surface area contributed by atoms with Crippen LogP contribution in [0.4, 0.5) is 4.39 Å². The normalized spacial score (nSPS) is 10.4. The Labute approximate surface area is 114 Å². The zero-order valence-electron chi connectivity index (χ0n) is 9.58. The Bertz CT molecular complexity index is 575. The molecule has 1 aromatic heterocycles. The van der Waals surface area contributed by atoms with Gasteiger partial charge in [0.25, 0.3) is 0 Å². The van der Waals surface area contributed by atoms with Crippen molar-refractivity contribution in [2.75, 3.05) is 0 Å². The molecule has 0 aliphatic rings. The summed E-state index contributed by atoms with van der Waals surface area (Å²) < 4.78 is 19.1. The van der Waals surface area contributed by atoms with Crippen molar-refractivity contribution < 1.29 is 9.13 Å². The third-order valence-electron chi connectivity index (χ3n) is 2.39. The van der Waals surface area contributed by atoms with E-state index in [9.17, 15) is 4.39 Å². The van der Waals surface area contributed by atoms with Crippen molar-refractivity contribution in [3.63, 3.8) is 0 Å². The lowest BCUT2D eigenvalue weighted by molar-refractivity contribution is 0.424. The van der Waals surface area contributed by atoms with Crippen molar-refractivity contribution in [1.82, 2.24) is 4.98 Å². The molecule has 0 spiro atoms. The van der Waals surface area contributed by atoms with Crippen LogP contribution in [-0.2, 0) is 5.88 Å². The Morgan fingerprint density at radius 2 is 2.06 bits per heavy atom. The molecule has 18 heavy (non-hydrogen) atoms. The third-order valence-corrected chi connectivity index (χ3v) is 2.99. The molecule has 0 saturated heterocycles. The van der Waals surface area contributed by atoms with E-state index in [1.54, 1.807) is 37.3 Å². The molecule has 2 nitrogen and oxygen atoms in total. The number of pyridine rings is 1. The molecule has 1 aromatic carbocycles. The van der Waals surface area contributed by atoms with Crippen LogP contribution in [0, 0.1) is 12.7 Å². The van der Waals surface area contributed by atoms with Gasteiger partial charge in [-0.2, -0.15) is 0 Å². The fourth-order valence-corrected chi connectivity index (χ4v) is 1.87. The maximum atomic E-state index is 13.7. The smallest absolute Gasteiger partial charge is 0.219 e. The van der Waals surface area contributed by atoms with E-state index in [1.807, 2.05) is 0 Å². The van der Waals surface area contributed by atoms with Crippen LogP contribution in [-0.4, -0.2) is 4.98 Å². The first-order chi connectivity index (χ1) is 8.61. The molecule has 0 N–H and O–H groups in total. The molecule has 0 aliphatic carbocycles. The summed E-state index contributed by atoms with van der Waals surface area (Å²) >= 11 is 11.6. The Kier molecular flexibility index (Phi) is 4.04. The predicted octanol–water partition coefficient (Wildman–Crippen LogP) is 4.71. The van der Waals surface area contributed by atoms with Crippen molar-refractivity contribution in [3.8, 4) is 11.6 Å². The van der Waals surface area contributed by atoms with E-state index in [-0.39, 0.29) is 17.5 Å². The zero-order chi connectivity index (χ0) is 13.1. The molecule has 0 fully saturated rings. The first-order valence-electron chi connectivity index (χ1n) is 5.26. The predicted molar refractivity (Wildman–Crippen MR) is 70.0 cm³/mol. The van der Waals surface area contributed by atoms with Crippen molar-refractivity contribution in [2.24, 2.45) is 0 Å². The highest BCUT2D eigenvalue weighted by Gasteiger charge is 2.09. The number of rotatable bonds is 3. The molecule has 5 heteroatoms. The van der Waals surface area contributed by atoms with Gasteiger partial charge in [0.1, 0.15) is 0 Å². The average molecular weight is 286 g/mol. The Morgan fingerprint density at radius 3 is 2.78 bits per heavy atom. The molecule has 2 rings (SSSR count). The van der Waals surface area contributed by atoms with Crippen LogP contribution >= 0.6 is 23.2 Å². The Balaban J connectivity index is 2.31. The standard InChI is InChI=1S/C13H10Cl2FNO/c1-8-3-2-4-11(13(8)16)18-12-6-5-9(15)10(7-14)17-12/h2-6H,7H2,1H3. The second-order valence-corrected chi connectivity index (χ2v) is 4.38.